The minimum atomic E-state index is 0.186. The second-order valence-electron chi connectivity index (χ2n) is 5.74. The van der Waals surface area contributed by atoms with Gasteiger partial charge in [-0.05, 0) is 48.8 Å². The van der Waals surface area contributed by atoms with Crippen LogP contribution < -0.4 is 0 Å². The topological polar surface area (TPSA) is 17.1 Å². The third-order valence-electron chi connectivity index (χ3n) is 2.83. The van der Waals surface area contributed by atoms with Crippen LogP contribution in [0.3, 0.4) is 0 Å². The first-order chi connectivity index (χ1) is 7.90. The molecule has 0 unspecified atom stereocenters. The van der Waals surface area contributed by atoms with Gasteiger partial charge in [0.05, 0.1) is 0 Å². The summed E-state index contributed by atoms with van der Waals surface area (Å²) in [4.78, 5) is 11.7. The van der Waals surface area contributed by atoms with Crippen molar-refractivity contribution >= 4 is 5.78 Å². The van der Waals surface area contributed by atoms with Crippen molar-refractivity contribution in [3.8, 4) is 0 Å². The predicted octanol–water partition coefficient (Wildman–Crippen LogP) is 4.29. The minimum Gasteiger partial charge on any atom is -0.295 e. The van der Waals surface area contributed by atoms with Crippen LogP contribution in [0, 0.1) is 11.8 Å². The van der Waals surface area contributed by atoms with Crippen molar-refractivity contribution in [1.29, 1.82) is 0 Å². The Balaban J connectivity index is 3.04. The maximum absolute atomic E-state index is 11.7. The van der Waals surface area contributed by atoms with E-state index in [9.17, 15) is 4.79 Å². The summed E-state index contributed by atoms with van der Waals surface area (Å²) < 4.78 is 0. The molecule has 94 valence electrons. The zero-order valence-electron chi connectivity index (χ0n) is 11.7. The number of hydrogen-bond donors (Lipinski definition) is 0. The van der Waals surface area contributed by atoms with Gasteiger partial charge in [0.2, 0.25) is 0 Å². The Morgan fingerprint density at radius 3 is 2.12 bits per heavy atom. The molecule has 1 aromatic carbocycles. The molecule has 0 saturated carbocycles. The molecule has 1 heteroatoms. The Labute approximate surface area is 105 Å². The SMILES string of the molecule is CC(=O)c1cc(CC(C)C)ccc1CC(C)C. The number of Topliss-reactive ketones (excluding diaryl/α,β-unsaturated/α-hetero) is 1. The van der Waals surface area contributed by atoms with E-state index in [0.717, 1.165) is 18.4 Å². The van der Waals surface area contributed by atoms with Crippen LogP contribution >= 0.6 is 0 Å². The Bertz CT molecular complexity index is 389. The molecule has 0 aliphatic rings. The predicted molar refractivity (Wildman–Crippen MR) is 73.5 cm³/mol. The molecule has 0 bridgehead atoms. The quantitative estimate of drug-likeness (QED) is 0.692. The van der Waals surface area contributed by atoms with Crippen molar-refractivity contribution in [1.82, 2.24) is 0 Å². The average molecular weight is 232 g/mol. The molecule has 0 amide bonds. The van der Waals surface area contributed by atoms with E-state index in [2.05, 4.69) is 45.9 Å². The molecule has 1 rings (SSSR count). The lowest BCUT2D eigenvalue weighted by Crippen LogP contribution is -2.05. The molecule has 0 atom stereocenters. The van der Waals surface area contributed by atoms with E-state index < -0.39 is 0 Å². The van der Waals surface area contributed by atoms with Crippen molar-refractivity contribution in [3.63, 3.8) is 0 Å². The van der Waals surface area contributed by atoms with Crippen molar-refractivity contribution in [2.75, 3.05) is 0 Å². The highest BCUT2D eigenvalue weighted by Gasteiger charge is 2.10. The van der Waals surface area contributed by atoms with Crippen LogP contribution in [0.1, 0.15) is 56.1 Å². The Kier molecular flexibility index (Phi) is 4.92. The van der Waals surface area contributed by atoms with Crippen LogP contribution in [-0.4, -0.2) is 5.78 Å². The standard InChI is InChI=1S/C16H24O/c1-11(2)8-14-6-7-15(9-12(3)4)16(10-14)13(5)17/h6-7,10-12H,8-9H2,1-5H3. The largest absolute Gasteiger partial charge is 0.295 e. The maximum atomic E-state index is 11.7. The number of benzene rings is 1. The summed E-state index contributed by atoms with van der Waals surface area (Å²) in [6, 6.07) is 6.39. The summed E-state index contributed by atoms with van der Waals surface area (Å²) in [7, 11) is 0. The summed E-state index contributed by atoms with van der Waals surface area (Å²) in [6.45, 7) is 10.4. The molecule has 0 N–H and O–H groups in total. The number of hydrogen-bond acceptors (Lipinski definition) is 1. The Morgan fingerprint density at radius 1 is 1.06 bits per heavy atom. The molecule has 0 fully saturated rings. The second kappa shape index (κ2) is 6.00. The van der Waals surface area contributed by atoms with Crippen LogP contribution in [0.2, 0.25) is 0 Å². The number of rotatable bonds is 5. The smallest absolute Gasteiger partial charge is 0.160 e. The first-order valence-corrected chi connectivity index (χ1v) is 6.53. The fraction of sp³-hybridized carbons (Fsp3) is 0.562. The van der Waals surface area contributed by atoms with E-state index in [1.807, 2.05) is 0 Å². The van der Waals surface area contributed by atoms with Crippen LogP contribution in [0.5, 0.6) is 0 Å². The van der Waals surface area contributed by atoms with Crippen LogP contribution in [0.25, 0.3) is 0 Å². The van der Waals surface area contributed by atoms with Gasteiger partial charge in [-0.3, -0.25) is 4.79 Å². The van der Waals surface area contributed by atoms with E-state index in [1.165, 1.54) is 11.1 Å². The fourth-order valence-corrected chi connectivity index (χ4v) is 2.17. The number of carbonyl (C=O) groups excluding carboxylic acids is 1. The van der Waals surface area contributed by atoms with Crippen molar-refractivity contribution in [2.24, 2.45) is 11.8 Å². The average Bonchev–Trinajstić information content (AvgIpc) is 2.18. The summed E-state index contributed by atoms with van der Waals surface area (Å²) in [5, 5.41) is 0. The van der Waals surface area contributed by atoms with Crippen molar-refractivity contribution < 1.29 is 4.79 Å². The Morgan fingerprint density at radius 2 is 1.65 bits per heavy atom. The van der Waals surface area contributed by atoms with Gasteiger partial charge in [-0.15, -0.1) is 0 Å². The van der Waals surface area contributed by atoms with Gasteiger partial charge in [0.25, 0.3) is 0 Å². The lowest BCUT2D eigenvalue weighted by Gasteiger charge is -2.12. The van der Waals surface area contributed by atoms with Crippen molar-refractivity contribution in [2.45, 2.75) is 47.5 Å². The molecule has 0 aliphatic heterocycles. The van der Waals surface area contributed by atoms with Gasteiger partial charge in [-0.1, -0.05) is 39.8 Å². The van der Waals surface area contributed by atoms with Crippen LogP contribution in [-0.2, 0) is 12.8 Å². The summed E-state index contributed by atoms with van der Waals surface area (Å²) in [6.07, 6.45) is 2.03. The molecule has 1 nitrogen and oxygen atoms in total. The zero-order chi connectivity index (χ0) is 13.0. The third-order valence-corrected chi connectivity index (χ3v) is 2.83. The van der Waals surface area contributed by atoms with Gasteiger partial charge in [-0.2, -0.15) is 0 Å². The lowest BCUT2D eigenvalue weighted by atomic mass is 9.92. The summed E-state index contributed by atoms with van der Waals surface area (Å²) >= 11 is 0. The van der Waals surface area contributed by atoms with Crippen LogP contribution in [0.15, 0.2) is 18.2 Å². The molecule has 0 heterocycles. The molecule has 0 aromatic heterocycles. The fourth-order valence-electron chi connectivity index (χ4n) is 2.17. The molecule has 0 saturated heterocycles. The number of carbonyl (C=O) groups is 1. The molecule has 17 heavy (non-hydrogen) atoms. The second-order valence-corrected chi connectivity index (χ2v) is 5.74. The number of ketones is 1. The highest BCUT2D eigenvalue weighted by Crippen LogP contribution is 2.18. The maximum Gasteiger partial charge on any atom is 0.160 e. The van der Waals surface area contributed by atoms with Gasteiger partial charge in [0.15, 0.2) is 5.78 Å². The molecule has 1 aromatic rings. The van der Waals surface area contributed by atoms with Gasteiger partial charge in [0.1, 0.15) is 0 Å². The Hall–Kier alpha value is -1.11. The van der Waals surface area contributed by atoms with E-state index in [0.29, 0.717) is 11.8 Å². The minimum absolute atomic E-state index is 0.186. The lowest BCUT2D eigenvalue weighted by molar-refractivity contribution is 0.101. The van der Waals surface area contributed by atoms with Crippen molar-refractivity contribution in [3.05, 3.63) is 34.9 Å². The molecule has 0 aliphatic carbocycles. The van der Waals surface area contributed by atoms with Gasteiger partial charge in [0, 0.05) is 5.56 Å². The summed E-state index contributed by atoms with van der Waals surface area (Å²) in [5.74, 6) is 1.40. The highest BCUT2D eigenvalue weighted by atomic mass is 16.1. The zero-order valence-corrected chi connectivity index (χ0v) is 11.7. The normalized spacial score (nSPS) is 11.2. The first kappa shape index (κ1) is 14.0. The van der Waals surface area contributed by atoms with E-state index in [4.69, 9.17) is 0 Å². The van der Waals surface area contributed by atoms with E-state index in [-0.39, 0.29) is 5.78 Å². The monoisotopic (exact) mass is 232 g/mol. The van der Waals surface area contributed by atoms with Gasteiger partial charge in [-0.25, -0.2) is 0 Å². The van der Waals surface area contributed by atoms with Gasteiger partial charge < -0.3 is 0 Å². The molecule has 0 radical (unpaired) electrons. The first-order valence-electron chi connectivity index (χ1n) is 6.53. The summed E-state index contributed by atoms with van der Waals surface area (Å²) in [5.41, 5.74) is 3.38. The van der Waals surface area contributed by atoms with E-state index >= 15 is 0 Å². The third kappa shape index (κ3) is 4.33. The molecular formula is C16H24O. The van der Waals surface area contributed by atoms with Crippen LogP contribution in [0.4, 0.5) is 0 Å². The van der Waals surface area contributed by atoms with E-state index in [1.54, 1.807) is 6.92 Å². The molecule has 0 spiro atoms. The van der Waals surface area contributed by atoms with Gasteiger partial charge >= 0.3 is 0 Å². The molecular weight excluding hydrogens is 208 g/mol. The highest BCUT2D eigenvalue weighted by molar-refractivity contribution is 5.95.